The van der Waals surface area contributed by atoms with E-state index in [1.54, 1.807) is 12.1 Å². The van der Waals surface area contributed by atoms with Gasteiger partial charge in [-0.05, 0) is 133 Å². The molecule has 0 spiro atoms. The van der Waals surface area contributed by atoms with Crippen molar-refractivity contribution in [3.63, 3.8) is 0 Å². The fourth-order valence-electron chi connectivity index (χ4n) is 6.58. The number of hydrogen-bond acceptors (Lipinski definition) is 4. The molecule has 0 unspecified atom stereocenters. The van der Waals surface area contributed by atoms with E-state index in [2.05, 4.69) is 144 Å². The molecule has 0 amide bonds. The monoisotopic (exact) mass is 738 g/mol. The van der Waals surface area contributed by atoms with Crippen molar-refractivity contribution in [1.29, 1.82) is 5.26 Å². The van der Waals surface area contributed by atoms with Crippen LogP contribution in [0.3, 0.4) is 0 Å². The van der Waals surface area contributed by atoms with Gasteiger partial charge in [-0.15, -0.1) is 0 Å². The molecule has 0 aliphatic heterocycles. The zero-order valence-electron chi connectivity index (χ0n) is 32.1. The number of hydrogen-bond donors (Lipinski definition) is 0. The van der Waals surface area contributed by atoms with Crippen molar-refractivity contribution < 1.29 is 4.74 Å². The smallest absolute Gasteiger partial charge is 0.194 e. The third-order valence-electron chi connectivity index (χ3n) is 9.54. The van der Waals surface area contributed by atoms with E-state index in [0.29, 0.717) is 29.0 Å². The van der Waals surface area contributed by atoms with Crippen LogP contribution >= 0.6 is 0 Å². The molecular formula is C52H42N4O. The van der Waals surface area contributed by atoms with E-state index in [0.717, 1.165) is 57.4 Å². The second-order valence-electron chi connectivity index (χ2n) is 13.6. The highest BCUT2D eigenvalue weighted by atomic mass is 16.5. The van der Waals surface area contributed by atoms with Gasteiger partial charge in [0.05, 0.1) is 24.8 Å². The first-order valence-corrected chi connectivity index (χ1v) is 19.0. The number of nitriles is 1. The van der Waals surface area contributed by atoms with E-state index < -0.39 is 0 Å². The van der Waals surface area contributed by atoms with Gasteiger partial charge in [0, 0.05) is 34.1 Å². The number of benzene rings is 7. The number of para-hydroxylation sites is 2. The maximum absolute atomic E-state index is 10.1. The van der Waals surface area contributed by atoms with E-state index in [1.807, 2.05) is 72.8 Å². The van der Waals surface area contributed by atoms with Crippen molar-refractivity contribution in [2.75, 3.05) is 16.4 Å². The highest BCUT2D eigenvalue weighted by Crippen LogP contribution is 2.37. The van der Waals surface area contributed by atoms with Gasteiger partial charge >= 0.3 is 0 Å². The van der Waals surface area contributed by atoms with Gasteiger partial charge in [0.2, 0.25) is 0 Å². The minimum atomic E-state index is 0.483. The summed E-state index contributed by atoms with van der Waals surface area (Å²) in [6.07, 6.45) is 8.74. The fourth-order valence-corrected chi connectivity index (χ4v) is 6.58. The summed E-state index contributed by atoms with van der Waals surface area (Å²) in [5.41, 5.74) is 11.8. The lowest BCUT2D eigenvalue weighted by Gasteiger charge is -2.25. The normalized spacial score (nSPS) is 10.9. The number of ether oxygens (including phenoxy) is 1. The van der Waals surface area contributed by atoms with Crippen LogP contribution in [-0.2, 0) is 0 Å². The molecule has 0 aliphatic carbocycles. The number of anilines is 6. The first-order chi connectivity index (χ1) is 28.0. The molecule has 0 aliphatic rings. The molecule has 0 atom stereocenters. The molecule has 0 heterocycles. The van der Waals surface area contributed by atoms with Crippen LogP contribution in [-0.4, -0.2) is 6.61 Å². The molecular weight excluding hydrogens is 697 g/mol. The van der Waals surface area contributed by atoms with Crippen molar-refractivity contribution in [3.05, 3.63) is 215 Å². The van der Waals surface area contributed by atoms with Crippen molar-refractivity contribution in [3.8, 4) is 11.8 Å². The fraction of sp³-hybridized carbons (Fsp3) is 0.0769. The van der Waals surface area contributed by atoms with Gasteiger partial charge in [-0.2, -0.15) is 5.26 Å². The Kier molecular flexibility index (Phi) is 12.0. The molecule has 276 valence electrons. The van der Waals surface area contributed by atoms with Crippen molar-refractivity contribution in [2.45, 2.75) is 20.3 Å². The van der Waals surface area contributed by atoms with Gasteiger partial charge in [0.15, 0.2) is 5.69 Å². The zero-order valence-corrected chi connectivity index (χ0v) is 32.1. The van der Waals surface area contributed by atoms with Crippen LogP contribution in [0.25, 0.3) is 29.1 Å². The summed E-state index contributed by atoms with van der Waals surface area (Å²) < 4.78 is 5.82. The molecule has 0 radical (unpaired) electrons. The van der Waals surface area contributed by atoms with Crippen LogP contribution in [0.1, 0.15) is 46.7 Å². The predicted molar refractivity (Wildman–Crippen MR) is 238 cm³/mol. The molecule has 5 heteroatoms. The summed E-state index contributed by atoms with van der Waals surface area (Å²) in [6, 6.07) is 59.8. The van der Waals surface area contributed by atoms with E-state index in [1.165, 1.54) is 5.56 Å². The molecule has 0 aromatic heterocycles. The van der Waals surface area contributed by atoms with Crippen molar-refractivity contribution >= 4 is 64.1 Å². The van der Waals surface area contributed by atoms with Gasteiger partial charge in [-0.1, -0.05) is 110 Å². The molecule has 57 heavy (non-hydrogen) atoms. The Morgan fingerprint density at radius 1 is 0.561 bits per heavy atom. The Morgan fingerprint density at radius 2 is 1.00 bits per heavy atom. The van der Waals surface area contributed by atoms with Gasteiger partial charge < -0.3 is 14.5 Å². The van der Waals surface area contributed by atoms with Crippen LogP contribution in [0.4, 0.5) is 39.8 Å². The maximum atomic E-state index is 10.1. The van der Waals surface area contributed by atoms with Crippen molar-refractivity contribution in [1.82, 2.24) is 0 Å². The summed E-state index contributed by atoms with van der Waals surface area (Å²) >= 11 is 0. The summed E-state index contributed by atoms with van der Waals surface area (Å²) in [4.78, 5) is 8.26. The Balaban J connectivity index is 1.09. The Labute approximate surface area is 336 Å². The molecule has 7 rings (SSSR count). The second kappa shape index (κ2) is 18.2. The summed E-state index contributed by atoms with van der Waals surface area (Å²) in [5, 5.41) is 10.1. The lowest BCUT2D eigenvalue weighted by molar-refractivity contribution is 0.317. The molecule has 0 saturated carbocycles. The molecule has 0 bridgehead atoms. The predicted octanol–water partition coefficient (Wildman–Crippen LogP) is 14.5. The van der Waals surface area contributed by atoms with Crippen LogP contribution in [0.15, 0.2) is 170 Å². The average molecular weight is 739 g/mol. The molecule has 7 aromatic rings. The summed E-state index contributed by atoms with van der Waals surface area (Å²) in [6.45, 7) is 12.8. The summed E-state index contributed by atoms with van der Waals surface area (Å²) in [7, 11) is 0. The van der Waals surface area contributed by atoms with Gasteiger partial charge in [-0.3, -0.25) is 0 Å². The van der Waals surface area contributed by atoms with Crippen LogP contribution < -0.4 is 14.5 Å². The quantitative estimate of drug-likeness (QED) is 0.0873. The SMILES string of the molecule is [C-]#[N+]c1cc(/C=C\c2ccc(N(c3ccccc3)c3ccc(OCCC)cc3)cc2)c(C#N)cc1/C=C\c1ccc(N(c2ccccc2)c2ccc(C)cc2)cc1. The largest absolute Gasteiger partial charge is 0.494 e. The van der Waals surface area contributed by atoms with Crippen LogP contribution in [0.5, 0.6) is 5.75 Å². The molecule has 0 N–H and O–H groups in total. The van der Waals surface area contributed by atoms with E-state index in [-0.39, 0.29) is 0 Å². The van der Waals surface area contributed by atoms with E-state index in [9.17, 15) is 5.26 Å². The first-order valence-electron chi connectivity index (χ1n) is 19.0. The Bertz CT molecular complexity index is 2550. The summed E-state index contributed by atoms with van der Waals surface area (Å²) in [5.74, 6) is 0.853. The van der Waals surface area contributed by atoms with E-state index >= 15 is 0 Å². The highest BCUT2D eigenvalue weighted by Gasteiger charge is 2.14. The van der Waals surface area contributed by atoms with Crippen LogP contribution in [0, 0.1) is 24.8 Å². The molecule has 0 saturated heterocycles. The van der Waals surface area contributed by atoms with Gasteiger partial charge in [0.25, 0.3) is 0 Å². The third kappa shape index (κ3) is 9.20. The van der Waals surface area contributed by atoms with Gasteiger partial charge in [-0.25, -0.2) is 4.85 Å². The minimum absolute atomic E-state index is 0.483. The minimum Gasteiger partial charge on any atom is -0.494 e. The van der Waals surface area contributed by atoms with Gasteiger partial charge in [0.1, 0.15) is 5.75 Å². The Hall–Kier alpha value is -7.60. The number of nitrogens with zero attached hydrogens (tertiary/aromatic N) is 4. The topological polar surface area (TPSA) is 43.9 Å². The average Bonchev–Trinajstić information content (AvgIpc) is 3.27. The number of rotatable bonds is 13. The standard InChI is InChI=1S/C52H42N4O/c1-4-35-57-51-33-31-50(32-34-51)56(46-13-9-6-10-14-46)49-27-19-40(20-28-49)17-23-42-37-52(54-3)43(36-44(42)38-53)24-18-41-21-29-48(30-22-41)55(45-11-7-5-8-12-45)47-25-15-39(2)16-26-47/h5-34,36-37H,4,35H2,1-2H3/b23-17-,24-18-. The van der Waals surface area contributed by atoms with Crippen LogP contribution in [0.2, 0.25) is 0 Å². The molecule has 5 nitrogen and oxygen atoms in total. The molecule has 7 aromatic carbocycles. The maximum Gasteiger partial charge on any atom is 0.194 e. The van der Waals surface area contributed by atoms with E-state index in [4.69, 9.17) is 11.3 Å². The zero-order chi connectivity index (χ0) is 39.4. The Morgan fingerprint density at radius 3 is 1.46 bits per heavy atom. The first kappa shape index (κ1) is 37.7. The highest BCUT2D eigenvalue weighted by molar-refractivity contribution is 5.84. The van der Waals surface area contributed by atoms with Crippen molar-refractivity contribution in [2.24, 2.45) is 0 Å². The number of aryl methyl sites for hydroxylation is 1. The molecule has 0 fully saturated rings. The third-order valence-corrected chi connectivity index (χ3v) is 9.54. The lowest BCUT2D eigenvalue weighted by atomic mass is 10.0. The second-order valence-corrected chi connectivity index (χ2v) is 13.6. The lowest BCUT2D eigenvalue weighted by Crippen LogP contribution is -2.09.